The maximum absolute atomic E-state index is 12.0. The fourth-order valence-electron chi connectivity index (χ4n) is 3.34. The summed E-state index contributed by atoms with van der Waals surface area (Å²) in [5.74, 6) is -0.318. The SMILES string of the molecule is O=c1[nH]c(=O)n(CCC2=CCCCC2)c(O)c1C=NC[C@H]1CCCO1. The molecular formula is C18H25N3O4. The first kappa shape index (κ1) is 17.7. The zero-order chi connectivity index (χ0) is 17.6. The number of aliphatic imine (C=N–C) groups is 1. The molecule has 0 radical (unpaired) electrons. The van der Waals surface area contributed by atoms with Gasteiger partial charge in [-0.25, -0.2) is 4.79 Å². The Bertz CT molecular complexity index is 770. The molecule has 3 rings (SSSR count). The lowest BCUT2D eigenvalue weighted by Gasteiger charge is -2.14. The highest BCUT2D eigenvalue weighted by atomic mass is 16.5. The van der Waals surface area contributed by atoms with Crippen molar-refractivity contribution < 1.29 is 9.84 Å². The minimum absolute atomic E-state index is 0.0234. The maximum Gasteiger partial charge on any atom is 0.331 e. The molecule has 1 fully saturated rings. The summed E-state index contributed by atoms with van der Waals surface area (Å²) in [6.45, 7) is 1.54. The predicted molar refractivity (Wildman–Crippen MR) is 95.6 cm³/mol. The Morgan fingerprint density at radius 1 is 1.36 bits per heavy atom. The van der Waals surface area contributed by atoms with Gasteiger partial charge in [0, 0.05) is 19.4 Å². The molecular weight excluding hydrogens is 322 g/mol. The molecule has 1 aliphatic heterocycles. The van der Waals surface area contributed by atoms with Crippen LogP contribution in [-0.4, -0.2) is 40.1 Å². The second-order valence-electron chi connectivity index (χ2n) is 6.64. The monoisotopic (exact) mass is 347 g/mol. The van der Waals surface area contributed by atoms with Crippen molar-refractivity contribution in [1.82, 2.24) is 9.55 Å². The number of hydrogen-bond donors (Lipinski definition) is 2. The van der Waals surface area contributed by atoms with Crippen molar-refractivity contribution in [3.8, 4) is 5.88 Å². The number of allylic oxidation sites excluding steroid dienone is 2. The van der Waals surface area contributed by atoms with E-state index in [9.17, 15) is 14.7 Å². The van der Waals surface area contributed by atoms with Crippen LogP contribution in [0.25, 0.3) is 0 Å². The number of H-pyrrole nitrogens is 1. The number of aromatic nitrogens is 2. The van der Waals surface area contributed by atoms with Crippen LogP contribution in [-0.2, 0) is 11.3 Å². The highest BCUT2D eigenvalue weighted by molar-refractivity contribution is 5.81. The second-order valence-corrected chi connectivity index (χ2v) is 6.64. The van der Waals surface area contributed by atoms with Crippen LogP contribution in [0.15, 0.2) is 26.2 Å². The summed E-state index contributed by atoms with van der Waals surface area (Å²) in [4.78, 5) is 30.5. The minimum atomic E-state index is -0.619. The highest BCUT2D eigenvalue weighted by Crippen LogP contribution is 2.21. The Hall–Kier alpha value is -2.15. The normalized spacial score (nSPS) is 21.0. The third kappa shape index (κ3) is 4.48. The molecule has 0 spiro atoms. The topological polar surface area (TPSA) is 96.7 Å². The standard InChI is InChI=1S/C18H25N3O4/c22-16-15(12-19-11-14-7-4-10-25-14)17(23)21(18(24)20-16)9-8-13-5-2-1-3-6-13/h5,12,14,23H,1-4,6-11H2,(H,20,22,24)/t14-/m1/s1. The van der Waals surface area contributed by atoms with Crippen molar-refractivity contribution in [2.24, 2.45) is 4.99 Å². The Balaban J connectivity index is 1.74. The van der Waals surface area contributed by atoms with Crippen LogP contribution in [0.5, 0.6) is 5.88 Å². The van der Waals surface area contributed by atoms with E-state index in [1.165, 1.54) is 29.2 Å². The Morgan fingerprint density at radius 2 is 2.24 bits per heavy atom. The Kier molecular flexibility index (Phi) is 5.86. The van der Waals surface area contributed by atoms with Gasteiger partial charge in [0.1, 0.15) is 5.56 Å². The molecule has 1 atom stereocenters. The molecule has 1 saturated heterocycles. The lowest BCUT2D eigenvalue weighted by atomic mass is 9.97. The first-order chi connectivity index (χ1) is 12.1. The molecule has 0 aromatic carbocycles. The van der Waals surface area contributed by atoms with Gasteiger partial charge in [-0.05, 0) is 44.9 Å². The largest absolute Gasteiger partial charge is 0.494 e. The molecule has 2 aliphatic rings. The summed E-state index contributed by atoms with van der Waals surface area (Å²) < 4.78 is 6.69. The van der Waals surface area contributed by atoms with Crippen molar-refractivity contribution in [1.29, 1.82) is 0 Å². The van der Waals surface area contributed by atoms with Crippen molar-refractivity contribution in [2.45, 2.75) is 57.6 Å². The van der Waals surface area contributed by atoms with Gasteiger partial charge in [-0.3, -0.25) is 19.3 Å². The molecule has 2 N–H and O–H groups in total. The molecule has 0 saturated carbocycles. The van der Waals surface area contributed by atoms with Crippen molar-refractivity contribution in [3.63, 3.8) is 0 Å². The van der Waals surface area contributed by atoms with Gasteiger partial charge >= 0.3 is 5.69 Å². The van der Waals surface area contributed by atoms with E-state index in [-0.39, 0.29) is 17.5 Å². The number of ether oxygens (including phenoxy) is 1. The number of hydrogen-bond acceptors (Lipinski definition) is 5. The van der Waals surface area contributed by atoms with Gasteiger partial charge in [0.25, 0.3) is 5.56 Å². The van der Waals surface area contributed by atoms with Gasteiger partial charge in [-0.1, -0.05) is 11.6 Å². The molecule has 1 aromatic heterocycles. The van der Waals surface area contributed by atoms with Gasteiger partial charge in [0.05, 0.1) is 12.6 Å². The highest BCUT2D eigenvalue weighted by Gasteiger charge is 2.16. The first-order valence-electron chi connectivity index (χ1n) is 9.00. The third-order valence-corrected chi connectivity index (χ3v) is 4.80. The number of nitrogens with zero attached hydrogens (tertiary/aromatic N) is 2. The van der Waals surface area contributed by atoms with E-state index in [1.54, 1.807) is 0 Å². The molecule has 7 heteroatoms. The molecule has 0 bridgehead atoms. The van der Waals surface area contributed by atoms with Crippen LogP contribution >= 0.6 is 0 Å². The molecule has 25 heavy (non-hydrogen) atoms. The first-order valence-corrected chi connectivity index (χ1v) is 9.00. The summed E-state index contributed by atoms with van der Waals surface area (Å²) in [5.41, 5.74) is 0.120. The summed E-state index contributed by atoms with van der Waals surface area (Å²) in [6, 6.07) is 0. The van der Waals surface area contributed by atoms with Crippen LogP contribution < -0.4 is 11.2 Å². The fraction of sp³-hybridized carbons (Fsp3) is 0.611. The molecule has 1 aromatic rings. The number of aromatic hydroxyl groups is 1. The van der Waals surface area contributed by atoms with Gasteiger partial charge in [-0.2, -0.15) is 0 Å². The van der Waals surface area contributed by atoms with E-state index in [0.717, 1.165) is 32.3 Å². The van der Waals surface area contributed by atoms with Crippen LogP contribution in [0.1, 0.15) is 50.5 Å². The second kappa shape index (κ2) is 8.29. The van der Waals surface area contributed by atoms with Crippen molar-refractivity contribution in [2.75, 3.05) is 13.2 Å². The lowest BCUT2D eigenvalue weighted by Crippen LogP contribution is -2.32. The van der Waals surface area contributed by atoms with Crippen LogP contribution in [0.2, 0.25) is 0 Å². The molecule has 0 amide bonds. The van der Waals surface area contributed by atoms with Crippen LogP contribution in [0.4, 0.5) is 0 Å². The smallest absolute Gasteiger partial charge is 0.331 e. The van der Waals surface area contributed by atoms with E-state index in [0.29, 0.717) is 19.5 Å². The summed E-state index contributed by atoms with van der Waals surface area (Å²) in [7, 11) is 0. The fourth-order valence-corrected chi connectivity index (χ4v) is 3.34. The maximum atomic E-state index is 12.0. The number of aromatic amines is 1. The van der Waals surface area contributed by atoms with E-state index >= 15 is 0 Å². The van der Waals surface area contributed by atoms with Crippen LogP contribution in [0, 0.1) is 0 Å². The molecule has 2 heterocycles. The van der Waals surface area contributed by atoms with Gasteiger partial charge in [0.2, 0.25) is 5.88 Å². The molecule has 136 valence electrons. The average Bonchev–Trinajstić information content (AvgIpc) is 3.12. The van der Waals surface area contributed by atoms with E-state index < -0.39 is 11.2 Å². The average molecular weight is 347 g/mol. The molecule has 0 unspecified atom stereocenters. The van der Waals surface area contributed by atoms with E-state index in [4.69, 9.17) is 4.74 Å². The van der Waals surface area contributed by atoms with Crippen LogP contribution in [0.3, 0.4) is 0 Å². The lowest BCUT2D eigenvalue weighted by molar-refractivity contribution is 0.118. The van der Waals surface area contributed by atoms with E-state index in [1.807, 2.05) is 0 Å². The summed E-state index contributed by atoms with van der Waals surface area (Å²) in [6.07, 6.45) is 10.8. The zero-order valence-corrected chi connectivity index (χ0v) is 14.4. The van der Waals surface area contributed by atoms with Crippen molar-refractivity contribution >= 4 is 6.21 Å². The van der Waals surface area contributed by atoms with E-state index in [2.05, 4.69) is 16.1 Å². The number of rotatable bonds is 6. The molecule has 7 nitrogen and oxygen atoms in total. The Labute approximate surface area is 146 Å². The zero-order valence-electron chi connectivity index (χ0n) is 14.4. The van der Waals surface area contributed by atoms with Gasteiger partial charge < -0.3 is 9.84 Å². The van der Waals surface area contributed by atoms with Crippen molar-refractivity contribution in [3.05, 3.63) is 38.1 Å². The predicted octanol–water partition coefficient (Wildman–Crippen LogP) is 1.73. The van der Waals surface area contributed by atoms with Gasteiger partial charge in [0.15, 0.2) is 0 Å². The Morgan fingerprint density at radius 3 is 2.96 bits per heavy atom. The third-order valence-electron chi connectivity index (χ3n) is 4.80. The molecule has 1 aliphatic carbocycles. The number of nitrogens with one attached hydrogen (secondary N) is 1. The quantitative estimate of drug-likeness (QED) is 0.605. The summed E-state index contributed by atoms with van der Waals surface area (Å²) >= 11 is 0. The summed E-state index contributed by atoms with van der Waals surface area (Å²) in [5, 5.41) is 10.4. The minimum Gasteiger partial charge on any atom is -0.494 e. The van der Waals surface area contributed by atoms with Gasteiger partial charge in [-0.15, -0.1) is 0 Å².